The highest BCUT2D eigenvalue weighted by Crippen LogP contribution is 2.33. The van der Waals surface area contributed by atoms with Gasteiger partial charge in [-0.1, -0.05) is 65.8 Å². The van der Waals surface area contributed by atoms with Crippen LogP contribution in [-0.2, 0) is 4.79 Å². The lowest BCUT2D eigenvalue weighted by atomic mass is 10.2. The van der Waals surface area contributed by atoms with Gasteiger partial charge in [0.25, 0.3) is 5.91 Å². The number of rotatable bonds is 6. The molecule has 0 aromatic heterocycles. The highest BCUT2D eigenvalue weighted by molar-refractivity contribution is 7.99. The Morgan fingerprint density at radius 3 is 2.29 bits per heavy atom. The first-order valence-electron chi connectivity index (χ1n) is 8.42. The van der Waals surface area contributed by atoms with Gasteiger partial charge >= 0.3 is 0 Å². The molecule has 0 fully saturated rings. The molecule has 0 spiro atoms. The molecule has 0 aliphatic carbocycles. The molecule has 3 rings (SSSR count). The average Bonchev–Trinajstić information content (AvgIpc) is 2.72. The summed E-state index contributed by atoms with van der Waals surface area (Å²) >= 11 is 7.65. The fourth-order valence-electron chi connectivity index (χ4n) is 2.34. The van der Waals surface area contributed by atoms with Gasteiger partial charge < -0.3 is 10.6 Å². The second-order valence-electron chi connectivity index (χ2n) is 5.66. The van der Waals surface area contributed by atoms with Crippen molar-refractivity contribution in [2.75, 3.05) is 10.6 Å². The summed E-state index contributed by atoms with van der Waals surface area (Å²) in [6.07, 6.45) is 1.40. The fraction of sp³-hybridized carbons (Fsp3) is 0. The number of carbonyl (C=O) groups excluding carboxylic acids is 1. The smallest absolute Gasteiger partial charge is 0.267 e. The standard InChI is InChI=1S/C22H16ClN3OS/c23-18-10-4-5-11-19(18)26-22(27)16(14-24)15-25-20-12-6-7-13-21(20)28-17-8-2-1-3-9-17/h1-13,15,25H,(H,26,27)/b16-15-. The van der Waals surface area contributed by atoms with Crippen molar-refractivity contribution in [3.63, 3.8) is 0 Å². The van der Waals surface area contributed by atoms with E-state index < -0.39 is 5.91 Å². The largest absolute Gasteiger partial charge is 0.359 e. The first-order chi connectivity index (χ1) is 13.7. The van der Waals surface area contributed by atoms with Gasteiger partial charge in [0.2, 0.25) is 0 Å². The molecule has 0 aliphatic rings. The maximum atomic E-state index is 12.4. The number of anilines is 2. The van der Waals surface area contributed by atoms with Gasteiger partial charge in [0, 0.05) is 16.0 Å². The summed E-state index contributed by atoms with van der Waals surface area (Å²) < 4.78 is 0. The fourth-order valence-corrected chi connectivity index (χ4v) is 3.45. The third-order valence-electron chi connectivity index (χ3n) is 3.72. The van der Waals surface area contributed by atoms with Crippen LogP contribution < -0.4 is 10.6 Å². The zero-order chi connectivity index (χ0) is 19.8. The van der Waals surface area contributed by atoms with E-state index in [1.165, 1.54) is 6.20 Å². The lowest BCUT2D eigenvalue weighted by Gasteiger charge is -2.10. The summed E-state index contributed by atoms with van der Waals surface area (Å²) in [6.45, 7) is 0. The lowest BCUT2D eigenvalue weighted by molar-refractivity contribution is -0.112. The molecular formula is C22H16ClN3OS. The van der Waals surface area contributed by atoms with Crippen molar-refractivity contribution in [3.8, 4) is 6.07 Å². The summed E-state index contributed by atoms with van der Waals surface area (Å²) in [4.78, 5) is 14.5. The van der Waals surface area contributed by atoms with Crippen LogP contribution in [0.2, 0.25) is 5.02 Å². The summed E-state index contributed by atoms with van der Waals surface area (Å²) in [5, 5.41) is 15.5. The quantitative estimate of drug-likeness (QED) is 0.393. The molecular weight excluding hydrogens is 390 g/mol. The molecule has 0 unspecified atom stereocenters. The molecule has 0 saturated heterocycles. The zero-order valence-corrected chi connectivity index (χ0v) is 16.3. The molecule has 0 heterocycles. The topological polar surface area (TPSA) is 64.9 Å². The summed E-state index contributed by atoms with van der Waals surface area (Å²) in [7, 11) is 0. The number of nitriles is 1. The van der Waals surface area contributed by atoms with Crippen LogP contribution in [-0.4, -0.2) is 5.91 Å². The van der Waals surface area contributed by atoms with Gasteiger partial charge in [0.1, 0.15) is 11.6 Å². The number of benzene rings is 3. The number of halogens is 1. The van der Waals surface area contributed by atoms with Gasteiger partial charge in [-0.15, -0.1) is 0 Å². The van der Waals surface area contributed by atoms with Crippen LogP contribution in [0.1, 0.15) is 0 Å². The number of amides is 1. The van der Waals surface area contributed by atoms with E-state index in [0.29, 0.717) is 10.7 Å². The Kier molecular flexibility index (Phi) is 6.74. The number of carbonyl (C=O) groups is 1. The van der Waals surface area contributed by atoms with Crippen LogP contribution in [0, 0.1) is 11.3 Å². The Morgan fingerprint density at radius 1 is 0.929 bits per heavy atom. The third kappa shape index (κ3) is 5.17. The molecule has 6 heteroatoms. The summed E-state index contributed by atoms with van der Waals surface area (Å²) in [5.41, 5.74) is 1.20. The van der Waals surface area contributed by atoms with Crippen molar-refractivity contribution in [2.24, 2.45) is 0 Å². The van der Waals surface area contributed by atoms with E-state index in [1.54, 1.807) is 36.0 Å². The number of hydrogen-bond acceptors (Lipinski definition) is 4. The van der Waals surface area contributed by atoms with E-state index >= 15 is 0 Å². The van der Waals surface area contributed by atoms with Gasteiger partial charge in [-0.05, 0) is 36.4 Å². The molecule has 1 amide bonds. The third-order valence-corrected chi connectivity index (χ3v) is 5.13. The van der Waals surface area contributed by atoms with E-state index in [1.807, 2.05) is 60.7 Å². The molecule has 3 aromatic carbocycles. The van der Waals surface area contributed by atoms with Crippen molar-refractivity contribution in [3.05, 3.63) is 95.7 Å². The minimum absolute atomic E-state index is 0.0561. The molecule has 0 bridgehead atoms. The van der Waals surface area contributed by atoms with E-state index in [0.717, 1.165) is 15.5 Å². The molecule has 0 radical (unpaired) electrons. The molecule has 138 valence electrons. The maximum absolute atomic E-state index is 12.4. The van der Waals surface area contributed by atoms with E-state index in [9.17, 15) is 10.1 Å². The van der Waals surface area contributed by atoms with Gasteiger partial charge in [0.05, 0.1) is 16.4 Å². The first kappa shape index (κ1) is 19.6. The lowest BCUT2D eigenvalue weighted by Crippen LogP contribution is -2.14. The Hall–Kier alpha value is -3.20. The summed E-state index contributed by atoms with van der Waals surface area (Å²) in [5.74, 6) is -0.531. The van der Waals surface area contributed by atoms with Crippen LogP contribution in [0.4, 0.5) is 11.4 Å². The predicted octanol–water partition coefficient (Wildman–Crippen LogP) is 5.95. The Bertz CT molecular complexity index is 1040. The van der Waals surface area contributed by atoms with Crippen molar-refractivity contribution >= 4 is 40.6 Å². The van der Waals surface area contributed by atoms with Crippen molar-refractivity contribution < 1.29 is 4.79 Å². The summed E-state index contributed by atoms with van der Waals surface area (Å²) in [6, 6.07) is 26.4. The highest BCUT2D eigenvalue weighted by atomic mass is 35.5. The Labute approximate surface area is 172 Å². The SMILES string of the molecule is N#C/C(=C/Nc1ccccc1Sc1ccccc1)C(=O)Nc1ccccc1Cl. The van der Waals surface area contributed by atoms with E-state index in [-0.39, 0.29) is 5.57 Å². The second-order valence-corrected chi connectivity index (χ2v) is 7.18. The minimum atomic E-state index is -0.531. The first-order valence-corrected chi connectivity index (χ1v) is 9.61. The molecule has 2 N–H and O–H groups in total. The minimum Gasteiger partial charge on any atom is -0.359 e. The van der Waals surface area contributed by atoms with Crippen molar-refractivity contribution in [1.82, 2.24) is 0 Å². The zero-order valence-electron chi connectivity index (χ0n) is 14.7. The Balaban J connectivity index is 1.75. The maximum Gasteiger partial charge on any atom is 0.267 e. The number of para-hydroxylation sites is 2. The van der Waals surface area contributed by atoms with Crippen LogP contribution >= 0.6 is 23.4 Å². The van der Waals surface area contributed by atoms with Gasteiger partial charge in [-0.2, -0.15) is 5.26 Å². The van der Waals surface area contributed by atoms with Crippen LogP contribution in [0.5, 0.6) is 0 Å². The molecule has 28 heavy (non-hydrogen) atoms. The molecule has 0 atom stereocenters. The molecule has 4 nitrogen and oxygen atoms in total. The van der Waals surface area contributed by atoms with Crippen molar-refractivity contribution in [2.45, 2.75) is 9.79 Å². The van der Waals surface area contributed by atoms with E-state index in [4.69, 9.17) is 11.6 Å². The number of hydrogen-bond donors (Lipinski definition) is 2. The molecule has 0 saturated carbocycles. The van der Waals surface area contributed by atoms with E-state index in [2.05, 4.69) is 10.6 Å². The number of nitrogens with zero attached hydrogens (tertiary/aromatic N) is 1. The monoisotopic (exact) mass is 405 g/mol. The van der Waals surface area contributed by atoms with Gasteiger partial charge in [-0.25, -0.2) is 0 Å². The normalized spacial score (nSPS) is 10.8. The van der Waals surface area contributed by atoms with Crippen molar-refractivity contribution in [1.29, 1.82) is 5.26 Å². The highest BCUT2D eigenvalue weighted by Gasteiger charge is 2.11. The van der Waals surface area contributed by atoms with Gasteiger partial charge in [0.15, 0.2) is 0 Å². The average molecular weight is 406 g/mol. The van der Waals surface area contributed by atoms with Crippen LogP contribution in [0.15, 0.2) is 100 Å². The van der Waals surface area contributed by atoms with Gasteiger partial charge in [-0.3, -0.25) is 4.79 Å². The second kappa shape index (κ2) is 9.65. The van der Waals surface area contributed by atoms with Crippen LogP contribution in [0.3, 0.4) is 0 Å². The van der Waals surface area contributed by atoms with Crippen LogP contribution in [0.25, 0.3) is 0 Å². The predicted molar refractivity (Wildman–Crippen MR) is 114 cm³/mol. The number of nitrogens with one attached hydrogen (secondary N) is 2. The Morgan fingerprint density at radius 2 is 1.57 bits per heavy atom. The molecule has 3 aromatic rings. The molecule has 0 aliphatic heterocycles.